The lowest BCUT2D eigenvalue weighted by molar-refractivity contribution is -0.141. The van der Waals surface area contributed by atoms with Crippen molar-refractivity contribution in [3.8, 4) is 0 Å². The maximum absolute atomic E-state index is 13.1. The topological polar surface area (TPSA) is 86.7 Å². The lowest BCUT2D eigenvalue weighted by atomic mass is 9.96. The number of hydrogen-bond donors (Lipinski definition) is 2. The molecule has 3 rings (SSSR count). The van der Waals surface area contributed by atoms with Crippen LogP contribution in [-0.4, -0.2) is 39.9 Å². The maximum atomic E-state index is 13.1. The Balaban J connectivity index is 1.70. The molecule has 6 nitrogen and oxygen atoms in total. The zero-order chi connectivity index (χ0) is 21.0. The highest BCUT2D eigenvalue weighted by atomic mass is 16.4. The fraction of sp³-hybridized carbons (Fsp3) is 0.348. The Bertz CT molecular complexity index is 895. The highest BCUT2D eigenvalue weighted by molar-refractivity contribution is 6.03. The molecule has 0 saturated carbocycles. The van der Waals surface area contributed by atoms with Crippen molar-refractivity contribution in [2.45, 2.75) is 38.6 Å². The number of hydrogen-bond acceptors (Lipinski definition) is 3. The van der Waals surface area contributed by atoms with Crippen LogP contribution in [0.1, 0.15) is 42.6 Å². The molecule has 0 bridgehead atoms. The summed E-state index contributed by atoms with van der Waals surface area (Å²) in [6, 6.07) is 16.2. The van der Waals surface area contributed by atoms with Crippen LogP contribution in [0.15, 0.2) is 54.6 Å². The fourth-order valence-electron chi connectivity index (χ4n) is 3.69. The van der Waals surface area contributed by atoms with Crippen molar-refractivity contribution in [3.63, 3.8) is 0 Å². The van der Waals surface area contributed by atoms with Gasteiger partial charge in [0.25, 0.3) is 5.91 Å². The number of amides is 2. The van der Waals surface area contributed by atoms with Gasteiger partial charge < -0.3 is 15.3 Å². The van der Waals surface area contributed by atoms with Gasteiger partial charge in [-0.25, -0.2) is 0 Å². The third kappa shape index (κ3) is 4.47. The minimum absolute atomic E-state index is 0.140. The van der Waals surface area contributed by atoms with Gasteiger partial charge in [0.05, 0.1) is 5.92 Å². The number of anilines is 1. The molecule has 0 spiro atoms. The molecule has 1 aliphatic rings. The molecule has 2 atom stereocenters. The lowest BCUT2D eigenvalue weighted by Crippen LogP contribution is -2.53. The largest absolute Gasteiger partial charge is 0.481 e. The molecule has 2 aromatic rings. The van der Waals surface area contributed by atoms with E-state index in [9.17, 15) is 14.4 Å². The van der Waals surface area contributed by atoms with E-state index in [1.807, 2.05) is 30.3 Å². The molecule has 1 saturated heterocycles. The Morgan fingerprint density at radius 1 is 1.10 bits per heavy atom. The number of nitrogens with zero attached hydrogens (tertiary/aromatic N) is 1. The zero-order valence-corrected chi connectivity index (χ0v) is 16.7. The molecule has 0 radical (unpaired) electrons. The van der Waals surface area contributed by atoms with Crippen molar-refractivity contribution in [3.05, 3.63) is 65.7 Å². The zero-order valence-electron chi connectivity index (χ0n) is 16.7. The smallest absolute Gasteiger partial charge is 0.306 e. The van der Waals surface area contributed by atoms with Gasteiger partial charge in [-0.15, -0.1) is 0 Å². The number of carboxylic acids is 1. The lowest BCUT2D eigenvalue weighted by Gasteiger charge is -2.34. The average Bonchev–Trinajstić information content (AvgIpc) is 3.12. The van der Waals surface area contributed by atoms with E-state index in [2.05, 4.69) is 5.32 Å². The summed E-state index contributed by atoms with van der Waals surface area (Å²) in [5, 5.41) is 11.9. The van der Waals surface area contributed by atoms with Gasteiger partial charge in [0.1, 0.15) is 5.54 Å². The Labute approximate surface area is 170 Å². The minimum Gasteiger partial charge on any atom is -0.481 e. The summed E-state index contributed by atoms with van der Waals surface area (Å²) in [5.41, 5.74) is 1.18. The Hall–Kier alpha value is -3.15. The van der Waals surface area contributed by atoms with E-state index < -0.39 is 17.4 Å². The standard InChI is InChI=1S/C23H26N2O4/c1-16(21(27)28)15-17-9-11-19(12-10-17)24-22(29)23(2)13-6-14-25(23)20(26)18-7-4-3-5-8-18/h3-5,7-12,16H,6,13-15H2,1-2H3,(H,24,29)(H,27,28). The summed E-state index contributed by atoms with van der Waals surface area (Å²) in [5.74, 6) is -1.66. The molecule has 2 amide bonds. The first-order chi connectivity index (χ1) is 13.8. The fourth-order valence-corrected chi connectivity index (χ4v) is 3.69. The van der Waals surface area contributed by atoms with Crippen molar-refractivity contribution in [1.29, 1.82) is 0 Å². The Kier molecular flexibility index (Phi) is 6.01. The van der Waals surface area contributed by atoms with Crippen LogP contribution in [0, 0.1) is 5.92 Å². The number of nitrogens with one attached hydrogen (secondary N) is 1. The van der Waals surface area contributed by atoms with Crippen LogP contribution in [-0.2, 0) is 16.0 Å². The molecule has 1 heterocycles. The van der Waals surface area contributed by atoms with Crippen LogP contribution in [0.2, 0.25) is 0 Å². The Morgan fingerprint density at radius 2 is 1.76 bits per heavy atom. The van der Waals surface area contributed by atoms with Crippen molar-refractivity contribution in [1.82, 2.24) is 4.90 Å². The van der Waals surface area contributed by atoms with Gasteiger partial charge in [-0.05, 0) is 56.0 Å². The van der Waals surface area contributed by atoms with E-state index in [0.717, 1.165) is 12.0 Å². The van der Waals surface area contributed by atoms with E-state index in [4.69, 9.17) is 5.11 Å². The van der Waals surface area contributed by atoms with E-state index in [-0.39, 0.29) is 11.8 Å². The number of carbonyl (C=O) groups is 3. The summed E-state index contributed by atoms with van der Waals surface area (Å²) in [6.07, 6.45) is 1.81. The van der Waals surface area contributed by atoms with Gasteiger partial charge in [-0.3, -0.25) is 14.4 Å². The number of likely N-dealkylation sites (tertiary alicyclic amines) is 1. The minimum atomic E-state index is -0.913. The van der Waals surface area contributed by atoms with Crippen molar-refractivity contribution in [2.24, 2.45) is 5.92 Å². The number of benzene rings is 2. The molecular weight excluding hydrogens is 368 g/mol. The molecule has 0 aromatic heterocycles. The third-order valence-corrected chi connectivity index (χ3v) is 5.57. The SMILES string of the molecule is CC(Cc1ccc(NC(=O)C2(C)CCCN2C(=O)c2ccccc2)cc1)C(=O)O. The molecule has 6 heteroatoms. The summed E-state index contributed by atoms with van der Waals surface area (Å²) in [6.45, 7) is 4.01. The van der Waals surface area contributed by atoms with Crippen LogP contribution >= 0.6 is 0 Å². The average molecular weight is 394 g/mol. The second-order valence-corrected chi connectivity index (χ2v) is 7.79. The highest BCUT2D eigenvalue weighted by Gasteiger charge is 2.45. The van der Waals surface area contributed by atoms with Gasteiger partial charge in [-0.1, -0.05) is 37.3 Å². The molecule has 0 aliphatic carbocycles. The van der Waals surface area contributed by atoms with Crippen molar-refractivity contribution >= 4 is 23.5 Å². The molecule has 2 N–H and O–H groups in total. The Morgan fingerprint density at radius 3 is 2.38 bits per heavy atom. The summed E-state index contributed by atoms with van der Waals surface area (Å²) in [4.78, 5) is 38.6. The van der Waals surface area contributed by atoms with Gasteiger partial charge >= 0.3 is 5.97 Å². The van der Waals surface area contributed by atoms with E-state index in [1.165, 1.54) is 0 Å². The van der Waals surface area contributed by atoms with Crippen LogP contribution in [0.25, 0.3) is 0 Å². The molecule has 1 fully saturated rings. The molecule has 1 aliphatic heterocycles. The summed E-state index contributed by atoms with van der Waals surface area (Å²) >= 11 is 0. The number of rotatable bonds is 6. The van der Waals surface area contributed by atoms with Crippen LogP contribution in [0.5, 0.6) is 0 Å². The normalized spacial score (nSPS) is 19.6. The highest BCUT2D eigenvalue weighted by Crippen LogP contribution is 2.32. The summed E-state index contributed by atoms with van der Waals surface area (Å²) in [7, 11) is 0. The number of aliphatic carboxylic acids is 1. The van der Waals surface area contributed by atoms with Gasteiger partial charge in [0.15, 0.2) is 0 Å². The number of carbonyl (C=O) groups excluding carboxylic acids is 2. The van der Waals surface area contributed by atoms with Gasteiger partial charge in [-0.2, -0.15) is 0 Å². The van der Waals surface area contributed by atoms with E-state index >= 15 is 0 Å². The van der Waals surface area contributed by atoms with Crippen molar-refractivity contribution in [2.75, 3.05) is 11.9 Å². The molecule has 2 unspecified atom stereocenters. The third-order valence-electron chi connectivity index (χ3n) is 5.57. The predicted octanol–water partition coefficient (Wildman–Crippen LogP) is 3.58. The second-order valence-electron chi connectivity index (χ2n) is 7.79. The molecule has 152 valence electrons. The monoisotopic (exact) mass is 394 g/mol. The summed E-state index contributed by atoms with van der Waals surface area (Å²) < 4.78 is 0. The number of carboxylic acid groups (broad SMARTS) is 1. The first-order valence-corrected chi connectivity index (χ1v) is 9.81. The molecule has 2 aromatic carbocycles. The molecule has 29 heavy (non-hydrogen) atoms. The van der Waals surface area contributed by atoms with Gasteiger partial charge in [0.2, 0.25) is 5.91 Å². The van der Waals surface area contributed by atoms with Crippen LogP contribution in [0.4, 0.5) is 5.69 Å². The van der Waals surface area contributed by atoms with E-state index in [0.29, 0.717) is 30.6 Å². The maximum Gasteiger partial charge on any atom is 0.306 e. The van der Waals surface area contributed by atoms with Crippen LogP contribution in [0.3, 0.4) is 0 Å². The van der Waals surface area contributed by atoms with Crippen molar-refractivity contribution < 1.29 is 19.5 Å². The van der Waals surface area contributed by atoms with Crippen LogP contribution < -0.4 is 5.32 Å². The molecular formula is C23H26N2O4. The first-order valence-electron chi connectivity index (χ1n) is 9.81. The van der Waals surface area contributed by atoms with Gasteiger partial charge in [0, 0.05) is 17.8 Å². The van der Waals surface area contributed by atoms with E-state index in [1.54, 1.807) is 43.0 Å². The predicted molar refractivity (Wildman–Crippen MR) is 111 cm³/mol. The first kappa shape index (κ1) is 20.6. The quantitative estimate of drug-likeness (QED) is 0.784. The second kappa shape index (κ2) is 8.47.